The zero-order valence-electron chi connectivity index (χ0n) is 10.7. The van der Waals surface area contributed by atoms with Crippen LogP contribution in [-0.4, -0.2) is 33.7 Å². The van der Waals surface area contributed by atoms with Crippen molar-refractivity contribution < 1.29 is 14.4 Å². The lowest BCUT2D eigenvalue weighted by atomic mass is 10.2. The number of imide groups is 1. The first-order valence-corrected chi connectivity index (χ1v) is 6.97. The molecule has 1 heterocycles. The normalized spacial score (nSPS) is 18.2. The molecule has 0 aliphatic carbocycles. The Labute approximate surface area is 121 Å². The Kier molecular flexibility index (Phi) is 4.57. The molecular weight excluding hydrogens is 276 g/mol. The molecule has 6 heteroatoms. The first kappa shape index (κ1) is 14.3. The molecule has 1 aliphatic rings. The fraction of sp³-hybridized carbons (Fsp3) is 0.214. The summed E-state index contributed by atoms with van der Waals surface area (Å²) in [6.45, 7) is 3.68. The number of nitrogens with one attached hydrogen (secondary N) is 1. The number of carbonyl (C=O) groups is 3. The van der Waals surface area contributed by atoms with E-state index in [1.54, 1.807) is 24.3 Å². The molecule has 2 rings (SSSR count). The second-order valence-corrected chi connectivity index (χ2v) is 5.38. The van der Waals surface area contributed by atoms with E-state index in [1.807, 2.05) is 6.07 Å². The molecule has 20 heavy (non-hydrogen) atoms. The Hall–Kier alpha value is -2.08. The van der Waals surface area contributed by atoms with Gasteiger partial charge >= 0.3 is 0 Å². The maximum atomic E-state index is 12.0. The lowest BCUT2D eigenvalue weighted by Gasteiger charge is -2.11. The van der Waals surface area contributed by atoms with E-state index >= 15 is 0 Å². The number of thioether (sulfide) groups is 1. The standard InChI is InChI=1S/C14H14N2O3S/c1-2-8-16-13(18)11(20-14(16)19)9-12(17)15-10-6-4-3-5-7-10/h2-7,11H,1,8-9H2,(H,15,17)/t11-/m1/s1. The van der Waals surface area contributed by atoms with Crippen molar-refractivity contribution in [2.45, 2.75) is 11.7 Å². The molecule has 1 saturated heterocycles. The van der Waals surface area contributed by atoms with E-state index in [4.69, 9.17) is 0 Å². The van der Waals surface area contributed by atoms with Crippen molar-refractivity contribution in [2.24, 2.45) is 0 Å². The average molecular weight is 290 g/mol. The van der Waals surface area contributed by atoms with Crippen LogP contribution < -0.4 is 5.32 Å². The predicted octanol–water partition coefficient (Wildman–Crippen LogP) is 2.27. The van der Waals surface area contributed by atoms with Crippen molar-refractivity contribution in [3.63, 3.8) is 0 Å². The minimum Gasteiger partial charge on any atom is -0.326 e. The van der Waals surface area contributed by atoms with Crippen molar-refractivity contribution in [1.82, 2.24) is 4.90 Å². The number of hydrogen-bond acceptors (Lipinski definition) is 4. The van der Waals surface area contributed by atoms with Gasteiger partial charge in [0.15, 0.2) is 0 Å². The highest BCUT2D eigenvalue weighted by atomic mass is 32.2. The summed E-state index contributed by atoms with van der Waals surface area (Å²) in [7, 11) is 0. The van der Waals surface area contributed by atoms with Gasteiger partial charge in [0, 0.05) is 18.7 Å². The van der Waals surface area contributed by atoms with Crippen molar-refractivity contribution in [3.05, 3.63) is 43.0 Å². The van der Waals surface area contributed by atoms with E-state index in [0.29, 0.717) is 5.69 Å². The maximum absolute atomic E-state index is 12.0. The molecule has 0 radical (unpaired) electrons. The SMILES string of the molecule is C=CCN1C(=O)S[C@H](CC(=O)Nc2ccccc2)C1=O. The van der Waals surface area contributed by atoms with Gasteiger partial charge in [-0.25, -0.2) is 0 Å². The van der Waals surface area contributed by atoms with Crippen molar-refractivity contribution >= 4 is 34.5 Å². The molecule has 0 saturated carbocycles. The van der Waals surface area contributed by atoms with Crippen LogP contribution in [0.15, 0.2) is 43.0 Å². The molecule has 1 aromatic rings. The third-order valence-electron chi connectivity index (χ3n) is 2.74. The van der Waals surface area contributed by atoms with Gasteiger partial charge in [0.25, 0.3) is 5.24 Å². The summed E-state index contributed by atoms with van der Waals surface area (Å²) in [6, 6.07) is 8.98. The van der Waals surface area contributed by atoms with Gasteiger partial charge in [0.2, 0.25) is 11.8 Å². The van der Waals surface area contributed by atoms with Gasteiger partial charge in [-0.15, -0.1) is 6.58 Å². The quantitative estimate of drug-likeness (QED) is 0.845. The maximum Gasteiger partial charge on any atom is 0.289 e. The molecule has 1 atom stereocenters. The second-order valence-electron chi connectivity index (χ2n) is 4.23. The third kappa shape index (κ3) is 3.27. The number of anilines is 1. The highest BCUT2D eigenvalue weighted by Gasteiger charge is 2.39. The largest absolute Gasteiger partial charge is 0.326 e. The van der Waals surface area contributed by atoms with Crippen LogP contribution >= 0.6 is 11.8 Å². The zero-order valence-corrected chi connectivity index (χ0v) is 11.6. The first-order valence-electron chi connectivity index (χ1n) is 6.09. The van der Waals surface area contributed by atoms with Crippen molar-refractivity contribution in [3.8, 4) is 0 Å². The van der Waals surface area contributed by atoms with Gasteiger partial charge in [-0.2, -0.15) is 0 Å². The lowest BCUT2D eigenvalue weighted by Crippen LogP contribution is -2.33. The van der Waals surface area contributed by atoms with E-state index in [9.17, 15) is 14.4 Å². The predicted molar refractivity (Wildman–Crippen MR) is 78.4 cm³/mol. The molecule has 1 aromatic carbocycles. The fourth-order valence-electron chi connectivity index (χ4n) is 1.82. The molecule has 0 spiro atoms. The molecule has 0 unspecified atom stereocenters. The second kappa shape index (κ2) is 6.38. The average Bonchev–Trinajstić information content (AvgIpc) is 2.68. The first-order chi connectivity index (χ1) is 9.61. The highest BCUT2D eigenvalue weighted by molar-refractivity contribution is 8.15. The molecule has 0 aromatic heterocycles. The summed E-state index contributed by atoms with van der Waals surface area (Å²) in [6.07, 6.45) is 1.47. The highest BCUT2D eigenvalue weighted by Crippen LogP contribution is 2.29. The van der Waals surface area contributed by atoms with Crippen LogP contribution in [0.1, 0.15) is 6.42 Å². The zero-order chi connectivity index (χ0) is 14.5. The van der Waals surface area contributed by atoms with Gasteiger partial charge in [-0.05, 0) is 12.1 Å². The summed E-state index contributed by atoms with van der Waals surface area (Å²) < 4.78 is 0. The van der Waals surface area contributed by atoms with Crippen molar-refractivity contribution in [1.29, 1.82) is 0 Å². The number of nitrogens with zero attached hydrogens (tertiary/aromatic N) is 1. The number of carbonyl (C=O) groups excluding carboxylic acids is 3. The van der Waals surface area contributed by atoms with E-state index in [2.05, 4.69) is 11.9 Å². The van der Waals surface area contributed by atoms with Crippen LogP contribution in [-0.2, 0) is 9.59 Å². The van der Waals surface area contributed by atoms with Crippen LogP contribution in [0.4, 0.5) is 10.5 Å². The van der Waals surface area contributed by atoms with Crippen LogP contribution in [0.5, 0.6) is 0 Å². The lowest BCUT2D eigenvalue weighted by molar-refractivity contribution is -0.128. The van der Waals surface area contributed by atoms with E-state index in [0.717, 1.165) is 16.7 Å². The smallest absolute Gasteiger partial charge is 0.289 e. The number of amides is 3. The Morgan fingerprint density at radius 2 is 2.05 bits per heavy atom. The van der Waals surface area contributed by atoms with Crippen LogP contribution in [0.3, 0.4) is 0 Å². The fourth-order valence-corrected chi connectivity index (χ4v) is 2.82. The Morgan fingerprint density at radius 1 is 1.35 bits per heavy atom. The summed E-state index contributed by atoms with van der Waals surface area (Å²) >= 11 is 0.889. The molecule has 1 aliphatic heterocycles. The summed E-state index contributed by atoms with van der Waals surface area (Å²) in [5, 5.41) is 1.72. The Morgan fingerprint density at radius 3 is 2.70 bits per heavy atom. The summed E-state index contributed by atoms with van der Waals surface area (Å²) in [5.41, 5.74) is 0.669. The molecule has 1 fully saturated rings. The van der Waals surface area contributed by atoms with Gasteiger partial charge in [-0.1, -0.05) is 36.0 Å². The molecule has 5 nitrogen and oxygen atoms in total. The van der Waals surface area contributed by atoms with Crippen LogP contribution in [0.25, 0.3) is 0 Å². The Balaban J connectivity index is 1.94. The summed E-state index contributed by atoms with van der Waals surface area (Å²) in [5.74, 6) is -0.613. The minimum absolute atomic E-state index is 0.0161. The molecule has 3 amide bonds. The topological polar surface area (TPSA) is 66.5 Å². The van der Waals surface area contributed by atoms with Gasteiger partial charge < -0.3 is 5.32 Å². The van der Waals surface area contributed by atoms with Gasteiger partial charge in [-0.3, -0.25) is 19.3 Å². The van der Waals surface area contributed by atoms with E-state index in [1.165, 1.54) is 6.08 Å². The monoisotopic (exact) mass is 290 g/mol. The number of rotatable bonds is 5. The molecule has 1 N–H and O–H groups in total. The molecule has 0 bridgehead atoms. The molecular formula is C14H14N2O3S. The van der Waals surface area contributed by atoms with Crippen molar-refractivity contribution in [2.75, 3.05) is 11.9 Å². The number of hydrogen-bond donors (Lipinski definition) is 1. The number of benzene rings is 1. The third-order valence-corrected chi connectivity index (χ3v) is 3.82. The van der Waals surface area contributed by atoms with Crippen LogP contribution in [0.2, 0.25) is 0 Å². The number of para-hydroxylation sites is 1. The Bertz CT molecular complexity index is 545. The van der Waals surface area contributed by atoms with E-state index < -0.39 is 5.25 Å². The van der Waals surface area contributed by atoms with E-state index in [-0.39, 0.29) is 30.0 Å². The summed E-state index contributed by atoms with van der Waals surface area (Å²) in [4.78, 5) is 36.5. The molecule has 104 valence electrons. The van der Waals surface area contributed by atoms with Crippen LogP contribution in [0, 0.1) is 0 Å². The minimum atomic E-state index is -0.647. The van der Waals surface area contributed by atoms with Gasteiger partial charge in [0.1, 0.15) is 5.25 Å². The van der Waals surface area contributed by atoms with Gasteiger partial charge in [0.05, 0.1) is 0 Å².